The van der Waals surface area contributed by atoms with Crippen LogP contribution >= 0.6 is 0 Å². The van der Waals surface area contributed by atoms with Gasteiger partial charge in [0.25, 0.3) is 0 Å². The van der Waals surface area contributed by atoms with E-state index in [1.807, 2.05) is 0 Å². The molecule has 1 aromatic carbocycles. The molecule has 0 bridgehead atoms. The summed E-state index contributed by atoms with van der Waals surface area (Å²) in [6, 6.07) is 1.65. The van der Waals surface area contributed by atoms with Crippen LogP contribution in [0.5, 0.6) is 5.75 Å². The summed E-state index contributed by atoms with van der Waals surface area (Å²) in [5.74, 6) is -3.39. The molecule has 0 spiro atoms. The van der Waals surface area contributed by atoms with Gasteiger partial charge in [0.1, 0.15) is 0 Å². The lowest BCUT2D eigenvalue weighted by Gasteiger charge is -2.26. The Labute approximate surface area is 190 Å². The molecule has 1 saturated carbocycles. The van der Waals surface area contributed by atoms with Crippen molar-refractivity contribution in [2.75, 3.05) is 0 Å². The van der Waals surface area contributed by atoms with Crippen LogP contribution in [0, 0.1) is 17.6 Å². The first-order chi connectivity index (χ1) is 16.1. The van der Waals surface area contributed by atoms with Crippen LogP contribution in [0.4, 0.5) is 22.0 Å². The minimum atomic E-state index is -4.54. The average Bonchev–Trinajstić information content (AvgIpc) is 3.31. The molecule has 0 unspecified atom stereocenters. The van der Waals surface area contributed by atoms with E-state index >= 15 is 0 Å². The Morgan fingerprint density at radius 2 is 1.65 bits per heavy atom. The highest BCUT2D eigenvalue weighted by molar-refractivity contribution is 5.96. The van der Waals surface area contributed by atoms with Gasteiger partial charge < -0.3 is 9.63 Å². The molecular formula is C22H19F5N4O3. The quantitative estimate of drug-likeness (QED) is 0.367. The molecule has 0 saturated heterocycles. The Balaban J connectivity index is 1.30. The summed E-state index contributed by atoms with van der Waals surface area (Å²) in [5, 5.41) is 12.9. The van der Waals surface area contributed by atoms with Gasteiger partial charge in [0.2, 0.25) is 17.5 Å². The summed E-state index contributed by atoms with van der Waals surface area (Å²) in [6.07, 6.45) is 0.389. The lowest BCUT2D eigenvalue weighted by Crippen LogP contribution is -2.15. The highest BCUT2D eigenvalue weighted by Gasteiger charge is 2.32. The fourth-order valence-electron chi connectivity index (χ4n) is 3.99. The number of aromatic hydroxyl groups is 1. The molecule has 0 atom stereocenters. The second-order valence-electron chi connectivity index (χ2n) is 8.22. The maximum atomic E-state index is 13.5. The number of carbonyl (C=O) groups excluding carboxylic acids is 1. The summed E-state index contributed by atoms with van der Waals surface area (Å²) >= 11 is 0. The van der Waals surface area contributed by atoms with Gasteiger partial charge in [-0.05, 0) is 50.2 Å². The van der Waals surface area contributed by atoms with Crippen molar-refractivity contribution in [3.63, 3.8) is 0 Å². The molecule has 3 aromatic rings. The number of hydrogen-bond acceptors (Lipinski definition) is 7. The number of ketones is 1. The number of benzene rings is 1. The molecule has 1 N–H and O–H groups in total. The highest BCUT2D eigenvalue weighted by atomic mass is 19.4. The van der Waals surface area contributed by atoms with Gasteiger partial charge in [-0.25, -0.2) is 18.7 Å². The first-order valence-electron chi connectivity index (χ1n) is 10.6. The summed E-state index contributed by atoms with van der Waals surface area (Å²) in [7, 11) is 0. The topological polar surface area (TPSA) is 102 Å². The number of halogens is 5. The molecule has 0 aliphatic heterocycles. The van der Waals surface area contributed by atoms with Crippen molar-refractivity contribution in [1.82, 2.24) is 20.1 Å². The number of phenols is 1. The zero-order valence-corrected chi connectivity index (χ0v) is 17.6. The zero-order valence-electron chi connectivity index (χ0n) is 17.6. The minimum Gasteiger partial charge on any atom is -0.503 e. The Morgan fingerprint density at radius 3 is 2.24 bits per heavy atom. The maximum absolute atomic E-state index is 13.5. The fraction of sp³-hybridized carbons (Fsp3) is 0.409. The van der Waals surface area contributed by atoms with Gasteiger partial charge in [0.05, 0.1) is 5.56 Å². The van der Waals surface area contributed by atoms with Crippen LogP contribution in [0.15, 0.2) is 29.0 Å². The summed E-state index contributed by atoms with van der Waals surface area (Å²) in [5.41, 5.74) is -1.09. The molecule has 7 nitrogen and oxygen atoms in total. The van der Waals surface area contributed by atoms with Gasteiger partial charge in [-0.15, -0.1) is 0 Å². The number of hydrogen-bond donors (Lipinski definition) is 1. The molecule has 2 aromatic heterocycles. The smallest absolute Gasteiger partial charge is 0.419 e. The van der Waals surface area contributed by atoms with E-state index in [-0.39, 0.29) is 35.5 Å². The standard InChI is InChI=1S/C22H19F5N4O3/c23-15-7-13(8-16(24)18(15)33)17(32)6-3-11-1-4-12(5-2-11)21-30-20(31-34-21)19-28-9-14(10-29-19)22(25,26)27/h7-12,33H,1-6H2. The predicted octanol–water partition coefficient (Wildman–Crippen LogP) is 5.47. The molecule has 0 amide bonds. The number of aromatic nitrogens is 4. The van der Waals surface area contributed by atoms with Crippen molar-refractivity contribution >= 4 is 5.78 Å². The molecule has 0 radical (unpaired) electrons. The number of alkyl halides is 3. The van der Waals surface area contributed by atoms with Gasteiger partial charge in [-0.1, -0.05) is 5.16 Å². The van der Waals surface area contributed by atoms with Crippen molar-refractivity contribution in [2.45, 2.75) is 50.6 Å². The normalized spacial score (nSPS) is 18.7. The van der Waals surface area contributed by atoms with E-state index in [2.05, 4.69) is 20.1 Å². The Bertz CT molecular complexity index is 1150. The maximum Gasteiger partial charge on any atom is 0.419 e. The molecule has 2 heterocycles. The van der Waals surface area contributed by atoms with Crippen LogP contribution in [0.25, 0.3) is 11.6 Å². The van der Waals surface area contributed by atoms with Gasteiger partial charge in [-0.2, -0.15) is 18.2 Å². The molecule has 180 valence electrons. The van der Waals surface area contributed by atoms with Crippen molar-refractivity contribution in [2.24, 2.45) is 5.92 Å². The molecule has 1 aliphatic carbocycles. The van der Waals surface area contributed by atoms with Crippen molar-refractivity contribution in [3.05, 3.63) is 53.2 Å². The SMILES string of the molecule is O=C(CCC1CCC(c2nc(-c3ncc(C(F)(F)F)cn3)no2)CC1)c1cc(F)c(O)c(F)c1. The molecule has 34 heavy (non-hydrogen) atoms. The lowest BCUT2D eigenvalue weighted by atomic mass is 9.79. The van der Waals surface area contributed by atoms with E-state index in [0.717, 1.165) is 25.0 Å². The van der Waals surface area contributed by atoms with E-state index in [1.165, 1.54) is 0 Å². The Hall–Kier alpha value is -3.44. The number of Topliss-reactive ketones (excluding diaryl/α,β-unsaturated/α-hetero) is 1. The van der Waals surface area contributed by atoms with Crippen molar-refractivity contribution < 1.29 is 36.4 Å². The van der Waals surface area contributed by atoms with E-state index < -0.39 is 34.9 Å². The molecule has 12 heteroatoms. The Morgan fingerprint density at radius 1 is 1.03 bits per heavy atom. The Kier molecular flexibility index (Phi) is 6.58. The number of carbonyl (C=O) groups is 1. The van der Waals surface area contributed by atoms with Crippen molar-refractivity contribution in [3.8, 4) is 17.4 Å². The first kappa shape index (κ1) is 23.7. The van der Waals surface area contributed by atoms with Gasteiger partial charge in [-0.3, -0.25) is 4.79 Å². The summed E-state index contributed by atoms with van der Waals surface area (Å²) in [6.45, 7) is 0. The van der Waals surface area contributed by atoms with Crippen LogP contribution in [-0.2, 0) is 6.18 Å². The second kappa shape index (κ2) is 9.43. The van der Waals surface area contributed by atoms with Crippen LogP contribution < -0.4 is 0 Å². The monoisotopic (exact) mass is 482 g/mol. The van der Waals surface area contributed by atoms with Gasteiger partial charge >= 0.3 is 6.18 Å². The lowest BCUT2D eigenvalue weighted by molar-refractivity contribution is -0.138. The van der Waals surface area contributed by atoms with E-state index in [9.17, 15) is 26.7 Å². The number of rotatable bonds is 6. The van der Waals surface area contributed by atoms with Gasteiger partial charge in [0.15, 0.2) is 23.2 Å². The van der Waals surface area contributed by atoms with E-state index in [1.54, 1.807) is 0 Å². The van der Waals surface area contributed by atoms with Gasteiger partial charge in [0, 0.05) is 30.3 Å². The fourth-order valence-corrected chi connectivity index (χ4v) is 3.99. The van der Waals surface area contributed by atoms with Crippen LogP contribution in [0.1, 0.15) is 66.3 Å². The largest absolute Gasteiger partial charge is 0.503 e. The summed E-state index contributed by atoms with van der Waals surface area (Å²) in [4.78, 5) is 23.8. The van der Waals surface area contributed by atoms with Crippen molar-refractivity contribution in [1.29, 1.82) is 0 Å². The molecule has 1 fully saturated rings. The molecule has 4 rings (SSSR count). The summed E-state index contributed by atoms with van der Waals surface area (Å²) < 4.78 is 70.1. The molecular weight excluding hydrogens is 463 g/mol. The third kappa shape index (κ3) is 5.20. The minimum absolute atomic E-state index is 0.00445. The zero-order chi connectivity index (χ0) is 24.5. The first-order valence-corrected chi connectivity index (χ1v) is 10.6. The van der Waals surface area contributed by atoms with E-state index in [0.29, 0.717) is 37.5 Å². The predicted molar refractivity (Wildman–Crippen MR) is 107 cm³/mol. The van der Waals surface area contributed by atoms with Crippen LogP contribution in [0.2, 0.25) is 0 Å². The van der Waals surface area contributed by atoms with E-state index in [4.69, 9.17) is 9.63 Å². The third-order valence-corrected chi connectivity index (χ3v) is 5.94. The van der Waals surface area contributed by atoms with Crippen LogP contribution in [0.3, 0.4) is 0 Å². The molecule has 1 aliphatic rings. The number of phenolic OH excluding ortho intramolecular Hbond substituents is 1. The highest BCUT2D eigenvalue weighted by Crippen LogP contribution is 2.37. The average molecular weight is 482 g/mol. The third-order valence-electron chi connectivity index (χ3n) is 5.94. The second-order valence-corrected chi connectivity index (χ2v) is 8.22. The van der Waals surface area contributed by atoms with Crippen LogP contribution in [-0.4, -0.2) is 31.0 Å². The number of nitrogens with zero attached hydrogens (tertiary/aromatic N) is 4.